The number of amides is 2. The molecule has 0 spiro atoms. The van der Waals surface area contributed by atoms with E-state index >= 15 is 0 Å². The van der Waals surface area contributed by atoms with Crippen molar-refractivity contribution in [3.63, 3.8) is 0 Å². The van der Waals surface area contributed by atoms with Gasteiger partial charge in [0, 0.05) is 17.0 Å². The summed E-state index contributed by atoms with van der Waals surface area (Å²) in [5.41, 5.74) is 2.65. The minimum Gasteiger partial charge on any atom is -0.336 e. The van der Waals surface area contributed by atoms with Crippen LogP contribution in [0.25, 0.3) is 5.82 Å². The Balaban J connectivity index is 1.59. The van der Waals surface area contributed by atoms with E-state index in [-0.39, 0.29) is 10.8 Å². The van der Waals surface area contributed by atoms with Crippen LogP contribution >= 0.6 is 11.8 Å². The zero-order chi connectivity index (χ0) is 16.4. The lowest BCUT2D eigenvalue weighted by Gasteiger charge is -2.13. The van der Waals surface area contributed by atoms with Gasteiger partial charge in [0.05, 0.1) is 17.6 Å². The van der Waals surface area contributed by atoms with E-state index in [2.05, 4.69) is 27.0 Å². The Morgan fingerprint density at radius 2 is 2.17 bits per heavy atom. The smallest absolute Gasteiger partial charge is 0.319 e. The summed E-state index contributed by atoms with van der Waals surface area (Å²) in [5, 5.41) is 10.1. The topological polar surface area (TPSA) is 71.8 Å². The number of hydrogen-bond acceptors (Lipinski definition) is 4. The maximum atomic E-state index is 11.9. The predicted molar refractivity (Wildman–Crippen MR) is 93.3 cm³/mol. The van der Waals surface area contributed by atoms with Gasteiger partial charge in [0.1, 0.15) is 0 Å². The van der Waals surface area contributed by atoms with Crippen LogP contribution in [-0.4, -0.2) is 38.3 Å². The standard InChI is InChI=1S/C16H21N5OS/c1-11-8-12(2)21(20-11)14-5-4-13(9-17-14)19-15(22)18-10-16(23-3)6-7-16/h4-5,8-9H,6-7,10H2,1-3H3,(H2,18,19,22). The summed E-state index contributed by atoms with van der Waals surface area (Å²) in [5.74, 6) is 0.737. The van der Waals surface area contributed by atoms with Gasteiger partial charge in [0.25, 0.3) is 0 Å². The monoisotopic (exact) mass is 331 g/mol. The maximum Gasteiger partial charge on any atom is 0.319 e. The largest absolute Gasteiger partial charge is 0.336 e. The fraction of sp³-hybridized carbons (Fsp3) is 0.438. The number of thioether (sulfide) groups is 1. The number of hydrogen-bond donors (Lipinski definition) is 2. The minimum absolute atomic E-state index is 0.189. The molecule has 1 saturated carbocycles. The van der Waals surface area contributed by atoms with E-state index in [1.165, 1.54) is 12.8 Å². The van der Waals surface area contributed by atoms with Crippen molar-refractivity contribution in [3.8, 4) is 5.82 Å². The Kier molecular flexibility index (Phi) is 4.30. The first-order chi connectivity index (χ1) is 11.0. The Morgan fingerprint density at radius 3 is 2.70 bits per heavy atom. The first kappa shape index (κ1) is 15.9. The van der Waals surface area contributed by atoms with Crippen molar-refractivity contribution in [2.24, 2.45) is 0 Å². The number of urea groups is 1. The van der Waals surface area contributed by atoms with Crippen LogP contribution in [0.5, 0.6) is 0 Å². The molecule has 23 heavy (non-hydrogen) atoms. The zero-order valence-electron chi connectivity index (χ0n) is 13.6. The number of aryl methyl sites for hydroxylation is 2. The lowest BCUT2D eigenvalue weighted by molar-refractivity contribution is 0.252. The van der Waals surface area contributed by atoms with Gasteiger partial charge in [0.15, 0.2) is 5.82 Å². The van der Waals surface area contributed by atoms with E-state index in [1.54, 1.807) is 10.9 Å². The molecule has 7 heteroatoms. The molecule has 6 nitrogen and oxygen atoms in total. The fourth-order valence-electron chi connectivity index (χ4n) is 2.46. The molecule has 0 atom stereocenters. The molecule has 2 N–H and O–H groups in total. The van der Waals surface area contributed by atoms with E-state index in [0.29, 0.717) is 12.2 Å². The third kappa shape index (κ3) is 3.67. The molecule has 2 aromatic heterocycles. The van der Waals surface area contributed by atoms with Crippen LogP contribution in [0, 0.1) is 13.8 Å². The van der Waals surface area contributed by atoms with Gasteiger partial charge < -0.3 is 10.6 Å². The third-order valence-electron chi connectivity index (χ3n) is 4.04. The molecular weight excluding hydrogens is 310 g/mol. The summed E-state index contributed by atoms with van der Waals surface area (Å²) in [6.45, 7) is 4.64. The Labute approximate surface area is 140 Å². The fourth-order valence-corrected chi connectivity index (χ4v) is 3.18. The molecule has 0 unspecified atom stereocenters. The number of aromatic nitrogens is 3. The van der Waals surface area contributed by atoms with Gasteiger partial charge in [-0.1, -0.05) is 0 Å². The van der Waals surface area contributed by atoms with Gasteiger partial charge in [0.2, 0.25) is 0 Å². The second kappa shape index (κ2) is 6.23. The molecule has 2 amide bonds. The number of carbonyl (C=O) groups excluding carboxylic acids is 1. The number of anilines is 1. The summed E-state index contributed by atoms with van der Waals surface area (Å²) in [4.78, 5) is 16.3. The normalized spacial score (nSPS) is 15.3. The highest BCUT2D eigenvalue weighted by Crippen LogP contribution is 2.46. The van der Waals surface area contributed by atoms with Crippen LogP contribution in [0.4, 0.5) is 10.5 Å². The molecule has 2 heterocycles. The average Bonchev–Trinajstić information content (AvgIpc) is 3.25. The molecule has 122 valence electrons. The van der Waals surface area contributed by atoms with Gasteiger partial charge in [-0.05, 0) is 51.1 Å². The molecule has 3 rings (SSSR count). The lowest BCUT2D eigenvalue weighted by atomic mass is 10.4. The third-order valence-corrected chi connectivity index (χ3v) is 5.46. The van der Waals surface area contributed by atoms with E-state index in [4.69, 9.17) is 0 Å². The van der Waals surface area contributed by atoms with Gasteiger partial charge in [-0.3, -0.25) is 0 Å². The zero-order valence-corrected chi connectivity index (χ0v) is 14.4. The molecule has 0 radical (unpaired) electrons. The predicted octanol–water partition coefficient (Wildman–Crippen LogP) is 2.90. The summed E-state index contributed by atoms with van der Waals surface area (Å²) < 4.78 is 2.05. The van der Waals surface area contributed by atoms with Crippen LogP contribution in [0.15, 0.2) is 24.4 Å². The number of pyridine rings is 1. The molecule has 0 aliphatic heterocycles. The SMILES string of the molecule is CSC1(CNC(=O)Nc2ccc(-n3nc(C)cc3C)nc2)CC1. The molecule has 1 aliphatic rings. The van der Waals surface area contributed by atoms with E-state index in [1.807, 2.05) is 43.8 Å². The first-order valence-corrected chi connectivity index (χ1v) is 8.83. The molecule has 1 aliphatic carbocycles. The van der Waals surface area contributed by atoms with Crippen molar-refractivity contribution in [1.82, 2.24) is 20.1 Å². The summed E-state index contributed by atoms with van der Waals surface area (Å²) in [6, 6.07) is 5.49. The number of nitrogens with one attached hydrogen (secondary N) is 2. The van der Waals surface area contributed by atoms with Gasteiger partial charge >= 0.3 is 6.03 Å². The van der Waals surface area contributed by atoms with Crippen LogP contribution in [0.1, 0.15) is 24.2 Å². The maximum absolute atomic E-state index is 11.9. The minimum atomic E-state index is -0.189. The molecular formula is C16H21N5OS. The van der Waals surface area contributed by atoms with Crippen molar-refractivity contribution in [1.29, 1.82) is 0 Å². The van der Waals surface area contributed by atoms with E-state index < -0.39 is 0 Å². The second-order valence-electron chi connectivity index (χ2n) is 5.94. The van der Waals surface area contributed by atoms with E-state index in [0.717, 1.165) is 17.2 Å². The molecule has 1 fully saturated rings. The Bertz CT molecular complexity index is 706. The van der Waals surface area contributed by atoms with Gasteiger partial charge in [-0.2, -0.15) is 16.9 Å². The Morgan fingerprint density at radius 1 is 1.39 bits per heavy atom. The number of carbonyl (C=O) groups is 1. The Hall–Kier alpha value is -2.02. The average molecular weight is 331 g/mol. The highest BCUT2D eigenvalue weighted by Gasteiger charge is 2.41. The van der Waals surface area contributed by atoms with Crippen LogP contribution in [0.3, 0.4) is 0 Å². The first-order valence-electron chi connectivity index (χ1n) is 7.61. The molecule has 0 aromatic carbocycles. The van der Waals surface area contributed by atoms with Crippen molar-refractivity contribution in [2.45, 2.75) is 31.4 Å². The van der Waals surface area contributed by atoms with Crippen LogP contribution in [-0.2, 0) is 0 Å². The van der Waals surface area contributed by atoms with Crippen LogP contribution < -0.4 is 10.6 Å². The van der Waals surface area contributed by atoms with Crippen molar-refractivity contribution in [3.05, 3.63) is 35.8 Å². The molecule has 0 saturated heterocycles. The lowest BCUT2D eigenvalue weighted by Crippen LogP contribution is -2.35. The van der Waals surface area contributed by atoms with Gasteiger partial charge in [-0.25, -0.2) is 14.5 Å². The summed E-state index contributed by atoms with van der Waals surface area (Å²) >= 11 is 1.82. The quantitative estimate of drug-likeness (QED) is 0.884. The van der Waals surface area contributed by atoms with Crippen molar-refractivity contribution < 1.29 is 4.79 Å². The molecule has 2 aromatic rings. The van der Waals surface area contributed by atoms with Crippen molar-refractivity contribution in [2.75, 3.05) is 18.1 Å². The highest BCUT2D eigenvalue weighted by molar-refractivity contribution is 8.00. The van der Waals surface area contributed by atoms with Gasteiger partial charge in [-0.15, -0.1) is 0 Å². The van der Waals surface area contributed by atoms with Crippen molar-refractivity contribution >= 4 is 23.5 Å². The highest BCUT2D eigenvalue weighted by atomic mass is 32.2. The van der Waals surface area contributed by atoms with E-state index in [9.17, 15) is 4.79 Å². The number of nitrogens with zero attached hydrogens (tertiary/aromatic N) is 3. The van der Waals surface area contributed by atoms with Crippen LogP contribution in [0.2, 0.25) is 0 Å². The summed E-state index contributed by atoms with van der Waals surface area (Å²) in [6.07, 6.45) is 6.09. The summed E-state index contributed by atoms with van der Waals surface area (Å²) in [7, 11) is 0. The second-order valence-corrected chi connectivity index (χ2v) is 7.21. The number of rotatable bonds is 5. The molecule has 0 bridgehead atoms.